The highest BCUT2D eigenvalue weighted by Gasteiger charge is 2.30. The van der Waals surface area contributed by atoms with Crippen LogP contribution in [0.5, 0.6) is 0 Å². The van der Waals surface area contributed by atoms with E-state index < -0.39 is 11.7 Å². The summed E-state index contributed by atoms with van der Waals surface area (Å²) in [4.78, 5) is 0. The van der Waals surface area contributed by atoms with Gasteiger partial charge in [0.25, 0.3) is 0 Å². The van der Waals surface area contributed by atoms with Gasteiger partial charge in [-0.25, -0.2) is 0 Å². The number of hydrogen-bond donors (Lipinski definition) is 1. The monoisotopic (exact) mass is 271 g/mol. The molecule has 5 heteroatoms. The van der Waals surface area contributed by atoms with Gasteiger partial charge in [-0.3, -0.25) is 0 Å². The second-order valence-corrected chi connectivity index (χ2v) is 4.09. The summed E-state index contributed by atoms with van der Waals surface area (Å²) in [5.74, 6) is 0. The van der Waals surface area contributed by atoms with Crippen LogP contribution >= 0.6 is 11.6 Å². The van der Waals surface area contributed by atoms with Crippen LogP contribution in [0.4, 0.5) is 24.5 Å². The Morgan fingerprint density at radius 2 is 1.67 bits per heavy atom. The lowest BCUT2D eigenvalue weighted by Crippen LogP contribution is -2.05. The summed E-state index contributed by atoms with van der Waals surface area (Å²) in [6.07, 6.45) is -4.35. The molecule has 0 radical (unpaired) electrons. The Balaban J connectivity index is 2.28. The van der Waals surface area contributed by atoms with Crippen molar-refractivity contribution in [3.63, 3.8) is 0 Å². The molecule has 1 N–H and O–H groups in total. The van der Waals surface area contributed by atoms with Crippen molar-refractivity contribution >= 4 is 23.0 Å². The molecule has 2 rings (SSSR count). The highest BCUT2D eigenvalue weighted by Crippen LogP contribution is 2.32. The summed E-state index contributed by atoms with van der Waals surface area (Å²) >= 11 is 5.92. The molecule has 0 spiro atoms. The van der Waals surface area contributed by atoms with Gasteiger partial charge in [-0.05, 0) is 30.3 Å². The maximum absolute atomic E-state index is 12.5. The van der Waals surface area contributed by atoms with Gasteiger partial charge in [-0.1, -0.05) is 29.8 Å². The Hall–Kier alpha value is -1.68. The minimum absolute atomic E-state index is 0.345. The number of benzene rings is 2. The molecule has 0 heterocycles. The van der Waals surface area contributed by atoms with Gasteiger partial charge in [-0.2, -0.15) is 13.2 Å². The van der Waals surface area contributed by atoms with Crippen molar-refractivity contribution < 1.29 is 13.2 Å². The van der Waals surface area contributed by atoms with Crippen molar-refractivity contribution in [2.45, 2.75) is 6.18 Å². The van der Waals surface area contributed by atoms with Gasteiger partial charge in [0.1, 0.15) is 0 Å². The molecular weight excluding hydrogens is 263 g/mol. The predicted molar refractivity (Wildman–Crippen MR) is 66.2 cm³/mol. The molecule has 0 amide bonds. The molecule has 2 aromatic rings. The van der Waals surface area contributed by atoms with Crippen LogP contribution in [0.2, 0.25) is 5.02 Å². The first-order chi connectivity index (χ1) is 8.47. The molecule has 0 aliphatic heterocycles. The number of alkyl halides is 3. The third-order valence-corrected chi connectivity index (χ3v) is 2.67. The average Bonchev–Trinajstić information content (AvgIpc) is 2.31. The summed E-state index contributed by atoms with van der Waals surface area (Å²) in [6.45, 7) is 0. The Bertz CT molecular complexity index is 552. The normalized spacial score (nSPS) is 11.3. The first-order valence-corrected chi connectivity index (χ1v) is 5.53. The van der Waals surface area contributed by atoms with E-state index >= 15 is 0 Å². The molecule has 0 saturated carbocycles. The van der Waals surface area contributed by atoms with Crippen LogP contribution in [0.1, 0.15) is 5.56 Å². The van der Waals surface area contributed by atoms with Gasteiger partial charge in [0.15, 0.2) is 0 Å². The van der Waals surface area contributed by atoms with Crippen molar-refractivity contribution in [1.82, 2.24) is 0 Å². The molecule has 0 aromatic heterocycles. The third-order valence-electron chi connectivity index (χ3n) is 2.34. The number of halogens is 4. The van der Waals surface area contributed by atoms with E-state index in [1.807, 2.05) is 0 Å². The molecule has 0 bridgehead atoms. The number of rotatable bonds is 2. The maximum atomic E-state index is 12.5. The highest BCUT2D eigenvalue weighted by molar-refractivity contribution is 6.33. The van der Waals surface area contributed by atoms with Gasteiger partial charge < -0.3 is 5.32 Å². The molecular formula is C13H9ClF3N. The van der Waals surface area contributed by atoms with Crippen molar-refractivity contribution in [2.75, 3.05) is 5.32 Å². The standard InChI is InChI=1S/C13H9ClF3N/c14-11-6-1-2-7-12(11)18-10-5-3-4-9(8-10)13(15,16)17/h1-8,18H. The zero-order chi connectivity index (χ0) is 13.2. The van der Waals surface area contributed by atoms with Gasteiger partial charge in [0.05, 0.1) is 16.3 Å². The van der Waals surface area contributed by atoms with Gasteiger partial charge in [0, 0.05) is 5.69 Å². The van der Waals surface area contributed by atoms with E-state index in [0.717, 1.165) is 12.1 Å². The fourth-order valence-corrected chi connectivity index (χ4v) is 1.67. The van der Waals surface area contributed by atoms with Crippen LogP contribution in [-0.2, 0) is 6.18 Å². The Labute approximate surface area is 107 Å². The Kier molecular flexibility index (Phi) is 3.48. The molecule has 94 valence electrons. The summed E-state index contributed by atoms with van der Waals surface area (Å²) in [7, 11) is 0. The fourth-order valence-electron chi connectivity index (χ4n) is 1.49. The predicted octanol–water partition coefficient (Wildman–Crippen LogP) is 5.10. The lowest BCUT2D eigenvalue weighted by Gasteiger charge is -2.11. The summed E-state index contributed by atoms with van der Waals surface area (Å²) in [5.41, 5.74) is 0.218. The number of nitrogens with one attached hydrogen (secondary N) is 1. The Morgan fingerprint density at radius 3 is 2.33 bits per heavy atom. The molecule has 0 saturated heterocycles. The molecule has 0 fully saturated rings. The summed E-state index contributed by atoms with van der Waals surface area (Å²) in [6, 6.07) is 11.8. The summed E-state index contributed by atoms with van der Waals surface area (Å²) < 4.78 is 37.6. The van der Waals surface area contributed by atoms with Crippen molar-refractivity contribution in [2.24, 2.45) is 0 Å². The van der Waals surface area contributed by atoms with Gasteiger partial charge >= 0.3 is 6.18 Å². The van der Waals surface area contributed by atoms with E-state index in [4.69, 9.17) is 11.6 Å². The van der Waals surface area contributed by atoms with E-state index in [2.05, 4.69) is 5.32 Å². The second kappa shape index (κ2) is 4.90. The average molecular weight is 272 g/mol. The van der Waals surface area contributed by atoms with Crippen LogP contribution in [-0.4, -0.2) is 0 Å². The smallest absolute Gasteiger partial charge is 0.354 e. The first kappa shape index (κ1) is 12.8. The van der Waals surface area contributed by atoms with E-state index in [9.17, 15) is 13.2 Å². The largest absolute Gasteiger partial charge is 0.416 e. The fraction of sp³-hybridized carbons (Fsp3) is 0.0769. The zero-order valence-corrected chi connectivity index (χ0v) is 9.89. The van der Waals surface area contributed by atoms with Crippen molar-refractivity contribution in [1.29, 1.82) is 0 Å². The maximum Gasteiger partial charge on any atom is 0.416 e. The van der Waals surface area contributed by atoms with E-state index in [0.29, 0.717) is 16.4 Å². The number of para-hydroxylation sites is 1. The van der Waals surface area contributed by atoms with E-state index in [1.165, 1.54) is 6.07 Å². The van der Waals surface area contributed by atoms with Gasteiger partial charge in [-0.15, -0.1) is 0 Å². The van der Waals surface area contributed by atoms with Crippen LogP contribution in [0.3, 0.4) is 0 Å². The van der Waals surface area contributed by atoms with Crippen LogP contribution < -0.4 is 5.32 Å². The lowest BCUT2D eigenvalue weighted by molar-refractivity contribution is -0.137. The first-order valence-electron chi connectivity index (χ1n) is 5.15. The number of hydrogen-bond acceptors (Lipinski definition) is 1. The minimum atomic E-state index is -4.35. The van der Waals surface area contributed by atoms with Crippen LogP contribution in [0.25, 0.3) is 0 Å². The molecule has 2 aromatic carbocycles. The van der Waals surface area contributed by atoms with Crippen LogP contribution in [0, 0.1) is 0 Å². The zero-order valence-electron chi connectivity index (χ0n) is 9.13. The lowest BCUT2D eigenvalue weighted by atomic mass is 10.2. The molecule has 0 atom stereocenters. The SMILES string of the molecule is FC(F)(F)c1cccc(Nc2ccccc2Cl)c1. The molecule has 0 aliphatic rings. The summed E-state index contributed by atoms with van der Waals surface area (Å²) in [5, 5.41) is 3.31. The molecule has 0 unspecified atom stereocenters. The number of anilines is 2. The molecule has 0 aliphatic carbocycles. The minimum Gasteiger partial charge on any atom is -0.354 e. The quantitative estimate of drug-likeness (QED) is 0.801. The van der Waals surface area contributed by atoms with Crippen molar-refractivity contribution in [3.05, 3.63) is 59.1 Å². The highest BCUT2D eigenvalue weighted by atomic mass is 35.5. The topological polar surface area (TPSA) is 12.0 Å². The second-order valence-electron chi connectivity index (χ2n) is 3.68. The third kappa shape index (κ3) is 2.96. The Morgan fingerprint density at radius 1 is 0.944 bits per heavy atom. The van der Waals surface area contributed by atoms with Crippen molar-refractivity contribution in [3.8, 4) is 0 Å². The molecule has 1 nitrogen and oxygen atoms in total. The molecule has 18 heavy (non-hydrogen) atoms. The van der Waals surface area contributed by atoms with Crippen LogP contribution in [0.15, 0.2) is 48.5 Å². The van der Waals surface area contributed by atoms with E-state index in [-0.39, 0.29) is 0 Å². The van der Waals surface area contributed by atoms with Gasteiger partial charge in [0.2, 0.25) is 0 Å². The van der Waals surface area contributed by atoms with E-state index in [1.54, 1.807) is 30.3 Å².